The molecule has 1 aliphatic rings. The molecule has 5 rings (SSSR count). The summed E-state index contributed by atoms with van der Waals surface area (Å²) >= 11 is 0. The smallest absolute Gasteiger partial charge is 0.259 e. The standard InChI is InChI=1S/C26H26N6O4S/c1-16-29-19-8-4-5-9-20(19)32(16)22-13-17(11-12-28-22)25(33)30-26(2,3)15-36-21-10-6-7-18-14-37(34,35)31-24(27)23(18)21/h4-13H,14-15H2,1-3H3,(H2,27,31)(H,30,33). The van der Waals surface area contributed by atoms with E-state index in [1.165, 1.54) is 0 Å². The Bertz CT molecular complexity index is 1670. The third kappa shape index (κ3) is 4.90. The van der Waals surface area contributed by atoms with Crippen LogP contribution >= 0.6 is 0 Å². The number of imidazole rings is 1. The zero-order valence-electron chi connectivity index (χ0n) is 20.6. The Balaban J connectivity index is 1.33. The molecule has 2 aromatic heterocycles. The van der Waals surface area contributed by atoms with Crippen LogP contribution in [0, 0.1) is 6.92 Å². The molecule has 4 aromatic rings. The van der Waals surface area contributed by atoms with E-state index >= 15 is 0 Å². The largest absolute Gasteiger partial charge is 0.490 e. The van der Waals surface area contributed by atoms with E-state index in [2.05, 4.69) is 19.7 Å². The summed E-state index contributed by atoms with van der Waals surface area (Å²) < 4.78 is 35.4. The number of hydrogen-bond acceptors (Lipinski definition) is 7. The third-order valence-corrected chi connectivity index (χ3v) is 7.10. The summed E-state index contributed by atoms with van der Waals surface area (Å²) in [6.07, 6.45) is 1.59. The van der Waals surface area contributed by atoms with Crippen molar-refractivity contribution < 1.29 is 17.9 Å². The summed E-state index contributed by atoms with van der Waals surface area (Å²) in [7, 11) is -3.65. The number of hydrogen-bond donors (Lipinski definition) is 2. The highest BCUT2D eigenvalue weighted by atomic mass is 32.2. The van der Waals surface area contributed by atoms with Crippen molar-refractivity contribution in [2.75, 3.05) is 6.61 Å². The third-order valence-electron chi connectivity index (χ3n) is 5.95. The lowest BCUT2D eigenvalue weighted by atomic mass is 10.0. The SMILES string of the molecule is Cc1nc2ccccc2n1-c1cc(C(=O)NC(C)(C)COc2cccc3c2C(N)=NS(=O)(=O)C3)ccn1. The van der Waals surface area contributed by atoms with E-state index in [1.807, 2.05) is 49.6 Å². The average molecular weight is 519 g/mol. The van der Waals surface area contributed by atoms with Crippen LogP contribution < -0.4 is 15.8 Å². The first-order valence-electron chi connectivity index (χ1n) is 11.6. The Morgan fingerprint density at radius 1 is 1.16 bits per heavy atom. The number of nitrogens with zero attached hydrogens (tertiary/aromatic N) is 4. The van der Waals surface area contributed by atoms with Crippen molar-refractivity contribution in [3.8, 4) is 11.6 Å². The number of nitrogens with two attached hydrogens (primary N) is 1. The maximum atomic E-state index is 13.2. The Morgan fingerprint density at radius 3 is 2.76 bits per heavy atom. The summed E-state index contributed by atoms with van der Waals surface area (Å²) in [6, 6.07) is 16.2. The molecule has 190 valence electrons. The molecule has 0 spiro atoms. The molecular formula is C26H26N6O4S. The normalized spacial score (nSPS) is 14.6. The second-order valence-electron chi connectivity index (χ2n) is 9.51. The van der Waals surface area contributed by atoms with Crippen molar-refractivity contribution in [3.63, 3.8) is 0 Å². The minimum absolute atomic E-state index is 0.106. The molecule has 0 aliphatic carbocycles. The van der Waals surface area contributed by atoms with Crippen molar-refractivity contribution in [1.29, 1.82) is 0 Å². The van der Waals surface area contributed by atoms with Crippen LogP contribution in [0.25, 0.3) is 16.9 Å². The molecule has 0 fully saturated rings. The van der Waals surface area contributed by atoms with Crippen LogP contribution in [0.15, 0.2) is 65.2 Å². The van der Waals surface area contributed by atoms with Gasteiger partial charge in [-0.15, -0.1) is 4.40 Å². The molecule has 0 radical (unpaired) electrons. The molecular weight excluding hydrogens is 492 g/mol. The predicted octanol–water partition coefficient (Wildman–Crippen LogP) is 2.87. The molecule has 0 unspecified atom stereocenters. The van der Waals surface area contributed by atoms with Crippen LogP contribution in [-0.4, -0.2) is 46.8 Å². The zero-order valence-corrected chi connectivity index (χ0v) is 21.4. The van der Waals surface area contributed by atoms with E-state index in [0.29, 0.717) is 28.3 Å². The molecule has 3 heterocycles. The van der Waals surface area contributed by atoms with Crippen LogP contribution in [-0.2, 0) is 15.8 Å². The lowest BCUT2D eigenvalue weighted by molar-refractivity contribution is 0.0880. The van der Waals surface area contributed by atoms with Gasteiger partial charge in [0.2, 0.25) is 0 Å². The molecule has 1 aliphatic heterocycles. The molecule has 37 heavy (non-hydrogen) atoms. The van der Waals surface area contributed by atoms with Crippen LogP contribution in [0.1, 0.15) is 41.2 Å². The molecule has 0 saturated heterocycles. The highest BCUT2D eigenvalue weighted by Gasteiger charge is 2.27. The highest BCUT2D eigenvalue weighted by Crippen LogP contribution is 2.29. The number of pyridine rings is 1. The fourth-order valence-corrected chi connectivity index (χ4v) is 5.41. The second kappa shape index (κ2) is 9.00. The van der Waals surface area contributed by atoms with Crippen molar-refractivity contribution in [3.05, 3.63) is 83.3 Å². The quantitative estimate of drug-likeness (QED) is 0.400. The van der Waals surface area contributed by atoms with Crippen molar-refractivity contribution >= 4 is 32.8 Å². The Morgan fingerprint density at radius 2 is 1.95 bits per heavy atom. The summed E-state index contributed by atoms with van der Waals surface area (Å²) in [5.74, 6) is 1.13. The topological polar surface area (TPSA) is 142 Å². The van der Waals surface area contributed by atoms with Crippen molar-refractivity contribution in [2.24, 2.45) is 10.1 Å². The highest BCUT2D eigenvalue weighted by molar-refractivity contribution is 7.89. The number of benzene rings is 2. The Kier molecular flexibility index (Phi) is 5.95. The van der Waals surface area contributed by atoms with Crippen LogP contribution in [0.5, 0.6) is 5.75 Å². The number of carbonyl (C=O) groups excluding carboxylic acids is 1. The first kappa shape index (κ1) is 24.4. The van der Waals surface area contributed by atoms with Gasteiger partial charge < -0.3 is 15.8 Å². The monoisotopic (exact) mass is 518 g/mol. The van der Waals surface area contributed by atoms with E-state index in [1.54, 1.807) is 36.5 Å². The Labute approximate surface area is 214 Å². The van der Waals surface area contributed by atoms with E-state index in [9.17, 15) is 13.2 Å². The number of amidine groups is 1. The lowest BCUT2D eigenvalue weighted by Crippen LogP contribution is -2.48. The van der Waals surface area contributed by atoms with Gasteiger partial charge in [0.15, 0.2) is 0 Å². The van der Waals surface area contributed by atoms with Crippen LogP contribution in [0.4, 0.5) is 0 Å². The number of sulfonamides is 1. The van der Waals surface area contributed by atoms with Gasteiger partial charge in [-0.05, 0) is 56.7 Å². The van der Waals surface area contributed by atoms with Gasteiger partial charge in [0.25, 0.3) is 15.9 Å². The van der Waals surface area contributed by atoms with Crippen molar-refractivity contribution in [1.82, 2.24) is 19.9 Å². The zero-order chi connectivity index (χ0) is 26.4. The molecule has 1 amide bonds. The van der Waals surface area contributed by atoms with Crippen LogP contribution in [0.3, 0.4) is 0 Å². The van der Waals surface area contributed by atoms with Gasteiger partial charge in [0.05, 0.1) is 27.9 Å². The van der Waals surface area contributed by atoms with Gasteiger partial charge in [-0.25, -0.2) is 18.4 Å². The lowest BCUT2D eigenvalue weighted by Gasteiger charge is -2.27. The maximum absolute atomic E-state index is 13.2. The fourth-order valence-electron chi connectivity index (χ4n) is 4.32. The minimum Gasteiger partial charge on any atom is -0.490 e. The first-order valence-corrected chi connectivity index (χ1v) is 13.2. The van der Waals surface area contributed by atoms with E-state index in [-0.39, 0.29) is 24.1 Å². The molecule has 2 aromatic carbocycles. The number of para-hydroxylation sites is 2. The van der Waals surface area contributed by atoms with Crippen LogP contribution in [0.2, 0.25) is 0 Å². The molecule has 0 saturated carbocycles. The summed E-state index contributed by atoms with van der Waals surface area (Å²) in [5, 5.41) is 3.00. The van der Waals surface area contributed by atoms with Gasteiger partial charge in [-0.3, -0.25) is 9.36 Å². The molecule has 3 N–H and O–H groups in total. The number of carbonyl (C=O) groups is 1. The second-order valence-corrected chi connectivity index (χ2v) is 11.1. The summed E-state index contributed by atoms with van der Waals surface area (Å²) in [6.45, 7) is 5.66. The summed E-state index contributed by atoms with van der Waals surface area (Å²) in [4.78, 5) is 22.2. The van der Waals surface area contributed by atoms with E-state index < -0.39 is 15.6 Å². The van der Waals surface area contributed by atoms with Gasteiger partial charge in [-0.1, -0.05) is 24.3 Å². The maximum Gasteiger partial charge on any atom is 0.259 e. The van der Waals surface area contributed by atoms with Gasteiger partial charge in [0, 0.05) is 11.8 Å². The molecule has 10 nitrogen and oxygen atoms in total. The fraction of sp³-hybridized carbons (Fsp3) is 0.231. The predicted molar refractivity (Wildman–Crippen MR) is 140 cm³/mol. The van der Waals surface area contributed by atoms with E-state index in [4.69, 9.17) is 10.5 Å². The number of amides is 1. The van der Waals surface area contributed by atoms with Gasteiger partial charge in [-0.2, -0.15) is 0 Å². The van der Waals surface area contributed by atoms with Gasteiger partial charge in [0.1, 0.15) is 29.8 Å². The van der Waals surface area contributed by atoms with Crippen molar-refractivity contribution in [2.45, 2.75) is 32.1 Å². The van der Waals surface area contributed by atoms with Gasteiger partial charge >= 0.3 is 0 Å². The number of ether oxygens (including phenoxy) is 1. The average Bonchev–Trinajstić information content (AvgIpc) is 3.17. The molecule has 0 atom stereocenters. The number of aryl methyl sites for hydroxylation is 1. The number of aromatic nitrogens is 3. The Hall–Kier alpha value is -4.25. The summed E-state index contributed by atoms with van der Waals surface area (Å²) in [5.41, 5.74) is 8.33. The molecule has 0 bridgehead atoms. The van der Waals surface area contributed by atoms with E-state index in [0.717, 1.165) is 16.9 Å². The first-order chi connectivity index (χ1) is 17.5. The molecule has 11 heteroatoms. The minimum atomic E-state index is -3.65. The number of rotatable bonds is 6. The number of nitrogens with one attached hydrogen (secondary N) is 1. The number of fused-ring (bicyclic) bond motifs is 2.